The molecule has 1 rings (SSSR count). The quantitative estimate of drug-likeness (QED) is 0.836. The van der Waals surface area contributed by atoms with Crippen LogP contribution in [0, 0.1) is 5.92 Å². The van der Waals surface area contributed by atoms with Crippen LogP contribution >= 0.6 is 0 Å². The van der Waals surface area contributed by atoms with E-state index < -0.39 is 35.2 Å². The Balaban J connectivity index is 2.77. The lowest BCUT2D eigenvalue weighted by molar-refractivity contribution is -0.159. The fourth-order valence-corrected chi connectivity index (χ4v) is 1.95. The molecular formula is C16H19F3O4. The highest BCUT2D eigenvalue weighted by Gasteiger charge is 2.30. The zero-order chi connectivity index (χ0) is 17.8. The highest BCUT2D eigenvalue weighted by Crippen LogP contribution is 2.29. The summed E-state index contributed by atoms with van der Waals surface area (Å²) >= 11 is 0. The number of hydrogen-bond donors (Lipinski definition) is 1. The molecule has 0 spiro atoms. The van der Waals surface area contributed by atoms with Gasteiger partial charge in [0, 0.05) is 0 Å². The number of esters is 1. The molecule has 0 radical (unpaired) electrons. The van der Waals surface area contributed by atoms with Crippen molar-refractivity contribution in [1.82, 2.24) is 0 Å². The van der Waals surface area contributed by atoms with E-state index in [1.165, 1.54) is 12.1 Å². The molecule has 0 saturated heterocycles. The lowest BCUT2D eigenvalue weighted by atomic mass is 9.95. The molecule has 0 bridgehead atoms. The second-order valence-corrected chi connectivity index (χ2v) is 6.22. The monoisotopic (exact) mass is 332 g/mol. The van der Waals surface area contributed by atoms with E-state index in [4.69, 9.17) is 4.74 Å². The molecule has 1 N–H and O–H groups in total. The highest BCUT2D eigenvalue weighted by atomic mass is 19.4. The summed E-state index contributed by atoms with van der Waals surface area (Å²) in [5.74, 6) is -2.91. The van der Waals surface area contributed by atoms with Crippen molar-refractivity contribution in [3.05, 3.63) is 35.4 Å². The first-order chi connectivity index (χ1) is 10.4. The molecule has 0 heterocycles. The molecule has 7 heteroatoms. The fraction of sp³-hybridized carbons (Fsp3) is 0.500. The standard InChI is InChI=1S/C16H19F3O4/c1-15(2,3)23-13(20)9-11(14(21)22)8-10-4-6-12(7-5-10)16(17,18)19/h4-7,11H,8-9H2,1-3H3,(H,21,22). The number of hydrogen-bond acceptors (Lipinski definition) is 3. The number of ether oxygens (including phenoxy) is 1. The third kappa shape index (κ3) is 6.71. The number of halogens is 3. The van der Waals surface area contributed by atoms with E-state index in [0.717, 1.165) is 12.1 Å². The van der Waals surface area contributed by atoms with Gasteiger partial charge in [-0.3, -0.25) is 9.59 Å². The lowest BCUT2D eigenvalue weighted by Gasteiger charge is -2.21. The number of rotatable bonds is 5. The van der Waals surface area contributed by atoms with Crippen molar-refractivity contribution >= 4 is 11.9 Å². The summed E-state index contributed by atoms with van der Waals surface area (Å²) in [5, 5.41) is 9.18. The summed E-state index contributed by atoms with van der Waals surface area (Å²) in [6, 6.07) is 4.21. The van der Waals surface area contributed by atoms with Gasteiger partial charge in [0.15, 0.2) is 0 Å². The van der Waals surface area contributed by atoms with Crippen LogP contribution in [0.3, 0.4) is 0 Å². The molecular weight excluding hydrogens is 313 g/mol. The number of carbonyl (C=O) groups excluding carboxylic acids is 1. The summed E-state index contributed by atoms with van der Waals surface area (Å²) in [6.07, 6.45) is -4.83. The normalized spacial score (nSPS) is 13.5. The van der Waals surface area contributed by atoms with E-state index in [9.17, 15) is 27.9 Å². The van der Waals surface area contributed by atoms with Gasteiger partial charge in [0.1, 0.15) is 5.60 Å². The third-order valence-electron chi connectivity index (χ3n) is 2.95. The van der Waals surface area contributed by atoms with Crippen molar-refractivity contribution in [2.45, 2.75) is 45.4 Å². The summed E-state index contributed by atoms with van der Waals surface area (Å²) in [4.78, 5) is 23.0. The molecule has 0 aliphatic rings. The van der Waals surface area contributed by atoms with E-state index >= 15 is 0 Å². The molecule has 128 valence electrons. The number of carboxylic acid groups (broad SMARTS) is 1. The molecule has 0 aliphatic carbocycles. The van der Waals surface area contributed by atoms with Crippen molar-refractivity contribution < 1.29 is 32.6 Å². The van der Waals surface area contributed by atoms with E-state index in [2.05, 4.69) is 0 Å². The molecule has 0 fully saturated rings. The zero-order valence-corrected chi connectivity index (χ0v) is 13.1. The Kier molecular flexibility index (Phi) is 5.80. The minimum Gasteiger partial charge on any atom is -0.481 e. The molecule has 1 unspecified atom stereocenters. The predicted molar refractivity (Wildman–Crippen MR) is 76.7 cm³/mol. The predicted octanol–water partition coefficient (Wildman–Crippen LogP) is 3.68. The maximum absolute atomic E-state index is 12.5. The van der Waals surface area contributed by atoms with Crippen LogP contribution in [0.2, 0.25) is 0 Å². The number of carboxylic acids is 1. The van der Waals surface area contributed by atoms with Gasteiger partial charge >= 0.3 is 18.1 Å². The van der Waals surface area contributed by atoms with Gasteiger partial charge in [-0.15, -0.1) is 0 Å². The lowest BCUT2D eigenvalue weighted by Crippen LogP contribution is -2.28. The SMILES string of the molecule is CC(C)(C)OC(=O)CC(Cc1ccc(C(F)(F)F)cc1)C(=O)O. The van der Waals surface area contributed by atoms with Gasteiger partial charge in [-0.05, 0) is 44.9 Å². The highest BCUT2D eigenvalue weighted by molar-refractivity contribution is 5.79. The first-order valence-electron chi connectivity index (χ1n) is 6.99. The van der Waals surface area contributed by atoms with E-state index in [-0.39, 0.29) is 12.8 Å². The van der Waals surface area contributed by atoms with Crippen LogP contribution in [-0.4, -0.2) is 22.6 Å². The second-order valence-electron chi connectivity index (χ2n) is 6.22. The van der Waals surface area contributed by atoms with Gasteiger partial charge < -0.3 is 9.84 Å². The van der Waals surface area contributed by atoms with E-state index in [0.29, 0.717) is 5.56 Å². The Hall–Kier alpha value is -2.05. The minimum atomic E-state index is -4.44. The van der Waals surface area contributed by atoms with Crippen LogP contribution in [0.1, 0.15) is 38.3 Å². The first-order valence-corrected chi connectivity index (χ1v) is 6.99. The van der Waals surface area contributed by atoms with Crippen molar-refractivity contribution in [3.63, 3.8) is 0 Å². The Morgan fingerprint density at radius 2 is 1.65 bits per heavy atom. The maximum Gasteiger partial charge on any atom is 0.416 e. The smallest absolute Gasteiger partial charge is 0.416 e. The molecule has 1 aromatic carbocycles. The van der Waals surface area contributed by atoms with Crippen molar-refractivity contribution in [1.29, 1.82) is 0 Å². The van der Waals surface area contributed by atoms with Crippen LogP contribution < -0.4 is 0 Å². The zero-order valence-electron chi connectivity index (χ0n) is 13.1. The number of carbonyl (C=O) groups is 2. The first kappa shape index (κ1) is 19.0. The van der Waals surface area contributed by atoms with E-state index in [1.807, 2.05) is 0 Å². The topological polar surface area (TPSA) is 63.6 Å². The molecule has 1 atom stereocenters. The van der Waals surface area contributed by atoms with Crippen LogP contribution in [0.4, 0.5) is 13.2 Å². The Morgan fingerprint density at radius 3 is 2.04 bits per heavy atom. The molecule has 23 heavy (non-hydrogen) atoms. The molecule has 1 aromatic rings. The average Bonchev–Trinajstić information content (AvgIpc) is 2.35. The summed E-state index contributed by atoms with van der Waals surface area (Å²) in [7, 11) is 0. The fourth-order valence-electron chi connectivity index (χ4n) is 1.95. The summed E-state index contributed by atoms with van der Waals surface area (Å²) in [6.45, 7) is 4.99. The van der Waals surface area contributed by atoms with Gasteiger partial charge in [-0.25, -0.2) is 0 Å². The van der Waals surface area contributed by atoms with Gasteiger partial charge in [-0.2, -0.15) is 13.2 Å². The third-order valence-corrected chi connectivity index (χ3v) is 2.95. The van der Waals surface area contributed by atoms with Crippen LogP contribution in [0.15, 0.2) is 24.3 Å². The van der Waals surface area contributed by atoms with Crippen molar-refractivity contribution in [3.8, 4) is 0 Å². The van der Waals surface area contributed by atoms with Crippen molar-refractivity contribution in [2.24, 2.45) is 5.92 Å². The van der Waals surface area contributed by atoms with E-state index in [1.54, 1.807) is 20.8 Å². The number of alkyl halides is 3. The largest absolute Gasteiger partial charge is 0.481 e. The maximum atomic E-state index is 12.5. The number of benzene rings is 1. The Morgan fingerprint density at radius 1 is 1.13 bits per heavy atom. The molecule has 0 amide bonds. The Labute approximate surface area is 132 Å². The summed E-state index contributed by atoms with van der Waals surface area (Å²) in [5.41, 5.74) is -1.12. The van der Waals surface area contributed by atoms with Crippen molar-refractivity contribution in [2.75, 3.05) is 0 Å². The molecule has 0 aromatic heterocycles. The molecule has 0 saturated carbocycles. The van der Waals surface area contributed by atoms with Crippen LogP contribution in [-0.2, 0) is 26.9 Å². The summed E-state index contributed by atoms with van der Waals surface area (Å²) < 4.78 is 42.5. The van der Waals surface area contributed by atoms with Gasteiger partial charge in [0.25, 0.3) is 0 Å². The molecule has 4 nitrogen and oxygen atoms in total. The number of aliphatic carboxylic acids is 1. The van der Waals surface area contributed by atoms with Gasteiger partial charge in [-0.1, -0.05) is 12.1 Å². The van der Waals surface area contributed by atoms with Gasteiger partial charge in [0.2, 0.25) is 0 Å². The van der Waals surface area contributed by atoms with Crippen LogP contribution in [0.25, 0.3) is 0 Å². The second kappa shape index (κ2) is 7.02. The Bertz CT molecular complexity index is 556. The average molecular weight is 332 g/mol. The van der Waals surface area contributed by atoms with Crippen LogP contribution in [0.5, 0.6) is 0 Å². The van der Waals surface area contributed by atoms with Gasteiger partial charge in [0.05, 0.1) is 17.9 Å². The minimum absolute atomic E-state index is 0.0489. The molecule has 0 aliphatic heterocycles.